The van der Waals surface area contributed by atoms with Crippen molar-refractivity contribution in [3.8, 4) is 0 Å². The molecule has 1 aromatic heterocycles. The van der Waals surface area contributed by atoms with Gasteiger partial charge in [-0.2, -0.15) is 5.10 Å². The fraction of sp³-hybridized carbons (Fsp3) is 0.400. The summed E-state index contributed by atoms with van der Waals surface area (Å²) in [7, 11) is 0. The summed E-state index contributed by atoms with van der Waals surface area (Å²) in [5.74, 6) is 0.614. The molecule has 0 radical (unpaired) electrons. The van der Waals surface area contributed by atoms with E-state index in [2.05, 4.69) is 55.5 Å². The van der Waals surface area contributed by atoms with Crippen LogP contribution in [0.2, 0.25) is 0 Å². The summed E-state index contributed by atoms with van der Waals surface area (Å²) in [6.07, 6.45) is 3.80. The van der Waals surface area contributed by atoms with Crippen LogP contribution in [-0.2, 0) is 6.54 Å². The predicted molar refractivity (Wildman–Crippen MR) is 75.7 cm³/mol. The Kier molecular flexibility index (Phi) is 4.03. The van der Waals surface area contributed by atoms with Gasteiger partial charge in [0, 0.05) is 24.1 Å². The smallest absolute Gasteiger partial charge is 0.0679 e. The molecule has 0 fully saturated rings. The van der Waals surface area contributed by atoms with Gasteiger partial charge in [-0.3, -0.25) is 4.68 Å². The summed E-state index contributed by atoms with van der Waals surface area (Å²) in [6.45, 7) is 7.48. The van der Waals surface area contributed by atoms with Crippen LogP contribution in [0.4, 0.5) is 5.69 Å². The topological polar surface area (TPSA) is 29.9 Å². The average Bonchev–Trinajstić information content (AvgIpc) is 2.84. The Morgan fingerprint density at radius 3 is 2.61 bits per heavy atom. The van der Waals surface area contributed by atoms with E-state index in [0.29, 0.717) is 12.0 Å². The second-order valence-electron chi connectivity index (χ2n) is 5.04. The minimum Gasteiger partial charge on any atom is -0.382 e. The summed E-state index contributed by atoms with van der Waals surface area (Å²) in [6, 6.07) is 10.8. The fourth-order valence-corrected chi connectivity index (χ4v) is 1.78. The number of rotatable bonds is 5. The van der Waals surface area contributed by atoms with Crippen LogP contribution in [0.3, 0.4) is 0 Å². The Morgan fingerprint density at radius 1 is 1.17 bits per heavy atom. The number of aromatic nitrogens is 2. The Balaban J connectivity index is 2.15. The quantitative estimate of drug-likeness (QED) is 0.872. The van der Waals surface area contributed by atoms with Crippen LogP contribution in [0.25, 0.3) is 0 Å². The third-order valence-corrected chi connectivity index (χ3v) is 3.29. The van der Waals surface area contributed by atoms with Gasteiger partial charge in [-0.1, -0.05) is 32.0 Å². The highest BCUT2D eigenvalue weighted by Crippen LogP contribution is 2.19. The van der Waals surface area contributed by atoms with E-state index in [9.17, 15) is 0 Å². The molecule has 2 rings (SSSR count). The highest BCUT2D eigenvalue weighted by atomic mass is 15.3. The van der Waals surface area contributed by atoms with Gasteiger partial charge in [0.05, 0.1) is 6.54 Å². The molecule has 0 amide bonds. The van der Waals surface area contributed by atoms with Crippen LogP contribution in [0.1, 0.15) is 26.3 Å². The Bertz CT molecular complexity index is 474. The molecule has 96 valence electrons. The van der Waals surface area contributed by atoms with E-state index < -0.39 is 0 Å². The molecule has 1 atom stereocenters. The van der Waals surface area contributed by atoms with Crippen LogP contribution < -0.4 is 5.32 Å². The van der Waals surface area contributed by atoms with Crippen molar-refractivity contribution in [2.24, 2.45) is 5.92 Å². The second kappa shape index (κ2) is 5.71. The first-order chi connectivity index (χ1) is 8.66. The van der Waals surface area contributed by atoms with Gasteiger partial charge >= 0.3 is 0 Å². The third kappa shape index (κ3) is 3.13. The molecule has 0 saturated heterocycles. The molecule has 1 heterocycles. The van der Waals surface area contributed by atoms with E-state index in [1.807, 2.05) is 23.1 Å². The van der Waals surface area contributed by atoms with Crippen LogP contribution in [-0.4, -0.2) is 15.8 Å². The van der Waals surface area contributed by atoms with Gasteiger partial charge in [0.25, 0.3) is 0 Å². The number of nitrogens with one attached hydrogen (secondary N) is 1. The van der Waals surface area contributed by atoms with E-state index >= 15 is 0 Å². The molecular formula is C15H21N3. The molecule has 3 nitrogen and oxygen atoms in total. The number of hydrogen-bond acceptors (Lipinski definition) is 2. The van der Waals surface area contributed by atoms with Crippen molar-refractivity contribution in [3.63, 3.8) is 0 Å². The number of hydrogen-bond donors (Lipinski definition) is 1. The lowest BCUT2D eigenvalue weighted by molar-refractivity contribution is 0.559. The summed E-state index contributed by atoms with van der Waals surface area (Å²) in [5, 5.41) is 7.84. The summed E-state index contributed by atoms with van der Waals surface area (Å²) in [4.78, 5) is 0. The summed E-state index contributed by atoms with van der Waals surface area (Å²) >= 11 is 0. The van der Waals surface area contributed by atoms with E-state index in [4.69, 9.17) is 0 Å². The molecular weight excluding hydrogens is 222 g/mol. The van der Waals surface area contributed by atoms with Crippen molar-refractivity contribution in [2.75, 3.05) is 5.32 Å². The van der Waals surface area contributed by atoms with Gasteiger partial charge in [0.2, 0.25) is 0 Å². The Hall–Kier alpha value is -1.77. The monoisotopic (exact) mass is 243 g/mol. The minimum absolute atomic E-state index is 0.462. The van der Waals surface area contributed by atoms with E-state index in [1.165, 1.54) is 11.3 Å². The number of benzene rings is 1. The molecule has 0 aliphatic rings. The first-order valence-electron chi connectivity index (χ1n) is 6.48. The van der Waals surface area contributed by atoms with E-state index in [1.54, 1.807) is 0 Å². The highest BCUT2D eigenvalue weighted by molar-refractivity contribution is 5.51. The van der Waals surface area contributed by atoms with Crippen LogP contribution in [0.15, 0.2) is 42.7 Å². The molecule has 0 aliphatic heterocycles. The lowest BCUT2D eigenvalue weighted by Gasteiger charge is -2.21. The molecule has 2 aromatic rings. The predicted octanol–water partition coefficient (Wildman–Crippen LogP) is 3.39. The summed E-state index contributed by atoms with van der Waals surface area (Å²) < 4.78 is 1.94. The molecule has 1 aromatic carbocycles. The number of anilines is 1. The lowest BCUT2D eigenvalue weighted by atomic mass is 10.1. The average molecular weight is 243 g/mol. The molecule has 0 saturated carbocycles. The second-order valence-corrected chi connectivity index (χ2v) is 5.04. The maximum atomic E-state index is 4.26. The lowest BCUT2D eigenvalue weighted by Crippen LogP contribution is -2.22. The normalized spacial score (nSPS) is 12.7. The van der Waals surface area contributed by atoms with Crippen molar-refractivity contribution < 1.29 is 0 Å². The first kappa shape index (κ1) is 12.7. The first-order valence-corrected chi connectivity index (χ1v) is 6.48. The molecule has 0 spiro atoms. The molecule has 18 heavy (non-hydrogen) atoms. The Morgan fingerprint density at radius 2 is 1.94 bits per heavy atom. The van der Waals surface area contributed by atoms with Crippen LogP contribution >= 0.6 is 0 Å². The van der Waals surface area contributed by atoms with Crippen molar-refractivity contribution in [2.45, 2.75) is 33.4 Å². The van der Waals surface area contributed by atoms with Crippen LogP contribution in [0, 0.1) is 5.92 Å². The van der Waals surface area contributed by atoms with E-state index in [0.717, 1.165) is 6.54 Å². The zero-order chi connectivity index (χ0) is 13.0. The molecule has 0 aliphatic carbocycles. The molecule has 1 unspecified atom stereocenters. The van der Waals surface area contributed by atoms with Gasteiger partial charge in [-0.25, -0.2) is 0 Å². The van der Waals surface area contributed by atoms with Crippen molar-refractivity contribution in [1.29, 1.82) is 0 Å². The van der Waals surface area contributed by atoms with Gasteiger partial charge in [0.15, 0.2) is 0 Å². The molecule has 3 heteroatoms. The summed E-state index contributed by atoms with van der Waals surface area (Å²) in [5.41, 5.74) is 2.47. The van der Waals surface area contributed by atoms with Gasteiger partial charge in [0.1, 0.15) is 0 Å². The largest absolute Gasteiger partial charge is 0.382 e. The standard InChI is InChI=1S/C15H21N3/c1-12(2)13(3)17-15-8-5-4-7-14(15)11-18-10-6-9-16-18/h4-10,12-13,17H,11H2,1-3H3. The zero-order valence-corrected chi connectivity index (χ0v) is 11.3. The zero-order valence-electron chi connectivity index (χ0n) is 11.3. The maximum absolute atomic E-state index is 4.26. The highest BCUT2D eigenvalue weighted by Gasteiger charge is 2.09. The number of nitrogens with zero attached hydrogens (tertiary/aromatic N) is 2. The molecule has 0 bridgehead atoms. The number of para-hydroxylation sites is 1. The SMILES string of the molecule is CC(C)C(C)Nc1ccccc1Cn1cccn1. The van der Waals surface area contributed by atoms with E-state index in [-0.39, 0.29) is 0 Å². The fourth-order valence-electron chi connectivity index (χ4n) is 1.78. The van der Waals surface area contributed by atoms with Crippen molar-refractivity contribution in [1.82, 2.24) is 9.78 Å². The van der Waals surface area contributed by atoms with Crippen molar-refractivity contribution in [3.05, 3.63) is 48.3 Å². The molecule has 1 N–H and O–H groups in total. The Labute approximate surface area is 109 Å². The van der Waals surface area contributed by atoms with Gasteiger partial charge < -0.3 is 5.32 Å². The minimum atomic E-state index is 0.462. The van der Waals surface area contributed by atoms with Crippen molar-refractivity contribution >= 4 is 5.69 Å². The maximum Gasteiger partial charge on any atom is 0.0679 e. The van der Waals surface area contributed by atoms with Gasteiger partial charge in [-0.05, 0) is 30.5 Å². The van der Waals surface area contributed by atoms with Gasteiger partial charge in [-0.15, -0.1) is 0 Å². The third-order valence-electron chi connectivity index (χ3n) is 3.29. The van der Waals surface area contributed by atoms with Crippen LogP contribution in [0.5, 0.6) is 0 Å².